The van der Waals surface area contributed by atoms with Crippen LogP contribution in [0.15, 0.2) is 42.5 Å². The quantitative estimate of drug-likeness (QED) is 0.444. The molecule has 0 fully saturated rings. The third-order valence-corrected chi connectivity index (χ3v) is 3.10. The number of hydrogen-bond donors (Lipinski definition) is 1. The van der Waals surface area contributed by atoms with Gasteiger partial charge in [0.2, 0.25) is 0 Å². The maximum Gasteiger partial charge on any atom is 0.337 e. The molecular formula is C16H11NO4. The van der Waals surface area contributed by atoms with Gasteiger partial charge < -0.3 is 9.84 Å². The zero-order chi connectivity index (χ0) is 15.0. The molecule has 0 aliphatic heterocycles. The number of pyridine rings is 1. The van der Waals surface area contributed by atoms with Crippen molar-refractivity contribution in [1.29, 1.82) is 0 Å². The summed E-state index contributed by atoms with van der Waals surface area (Å²) in [5.74, 6) is -0.967. The van der Waals surface area contributed by atoms with Crippen LogP contribution in [-0.4, -0.2) is 22.0 Å². The lowest BCUT2D eigenvalue weighted by atomic mass is 10.1. The highest BCUT2D eigenvalue weighted by Gasteiger charge is 2.11. The molecule has 21 heavy (non-hydrogen) atoms. The molecule has 0 unspecified atom stereocenters. The number of para-hydroxylation sites is 1. The van der Waals surface area contributed by atoms with Gasteiger partial charge in [-0.1, -0.05) is 12.1 Å². The van der Waals surface area contributed by atoms with E-state index >= 15 is 0 Å². The van der Waals surface area contributed by atoms with Gasteiger partial charge in [0.15, 0.2) is 0 Å². The number of ether oxygens (including phenoxy) is 1. The van der Waals surface area contributed by atoms with Crippen molar-refractivity contribution in [2.45, 2.75) is 6.92 Å². The maximum absolute atomic E-state index is 11.2. The van der Waals surface area contributed by atoms with Crippen LogP contribution in [0.5, 0.6) is 5.75 Å². The van der Waals surface area contributed by atoms with E-state index in [1.807, 2.05) is 6.07 Å². The van der Waals surface area contributed by atoms with Crippen molar-refractivity contribution in [1.82, 2.24) is 4.98 Å². The molecule has 2 aromatic carbocycles. The zero-order valence-electron chi connectivity index (χ0n) is 11.2. The number of carbonyl (C=O) groups excluding carboxylic acids is 1. The van der Waals surface area contributed by atoms with E-state index in [1.54, 1.807) is 30.3 Å². The third-order valence-electron chi connectivity index (χ3n) is 3.10. The Morgan fingerprint density at radius 2 is 1.90 bits per heavy atom. The highest BCUT2D eigenvalue weighted by molar-refractivity contribution is 6.05. The summed E-state index contributed by atoms with van der Waals surface area (Å²) in [6.45, 7) is 1.34. The molecule has 0 saturated heterocycles. The zero-order valence-corrected chi connectivity index (χ0v) is 11.2. The minimum absolute atomic E-state index is 0.165. The number of aromatic nitrogens is 1. The van der Waals surface area contributed by atoms with Gasteiger partial charge in [0.05, 0.1) is 16.6 Å². The molecule has 3 rings (SSSR count). The molecular weight excluding hydrogens is 270 g/mol. The molecule has 0 aliphatic rings. The van der Waals surface area contributed by atoms with Crippen LogP contribution >= 0.6 is 0 Å². The van der Waals surface area contributed by atoms with Crippen molar-refractivity contribution in [2.75, 3.05) is 0 Å². The fraction of sp³-hybridized carbons (Fsp3) is 0.0625. The average molecular weight is 281 g/mol. The summed E-state index contributed by atoms with van der Waals surface area (Å²) in [5.41, 5.74) is 1.25. The first-order chi connectivity index (χ1) is 10.0. The Labute approximate surface area is 119 Å². The SMILES string of the molecule is CC(=O)Oc1ccc2nc3c(C(=O)O)cccc3cc2c1. The van der Waals surface area contributed by atoms with Gasteiger partial charge in [-0.25, -0.2) is 9.78 Å². The Morgan fingerprint density at radius 3 is 2.62 bits per heavy atom. The van der Waals surface area contributed by atoms with Crippen LogP contribution in [0, 0.1) is 0 Å². The van der Waals surface area contributed by atoms with E-state index in [-0.39, 0.29) is 5.56 Å². The molecule has 0 amide bonds. The first kappa shape index (κ1) is 13.1. The van der Waals surface area contributed by atoms with E-state index < -0.39 is 11.9 Å². The molecule has 0 aliphatic carbocycles. The Hall–Kier alpha value is -2.95. The molecule has 1 heterocycles. The van der Waals surface area contributed by atoms with E-state index in [1.165, 1.54) is 13.0 Å². The molecule has 0 spiro atoms. The molecule has 104 valence electrons. The predicted molar refractivity (Wildman–Crippen MR) is 77.5 cm³/mol. The molecule has 0 bridgehead atoms. The number of benzene rings is 2. The van der Waals surface area contributed by atoms with Gasteiger partial charge in [0.1, 0.15) is 5.75 Å². The standard InChI is InChI=1S/C16H11NO4/c1-9(18)21-12-5-6-14-11(8-12)7-10-3-2-4-13(16(19)20)15(10)17-14/h2-8H,1H3,(H,19,20). The molecule has 0 saturated carbocycles. The maximum atomic E-state index is 11.2. The lowest BCUT2D eigenvalue weighted by Gasteiger charge is -2.06. The van der Waals surface area contributed by atoms with Crippen LogP contribution in [0.2, 0.25) is 0 Å². The number of carbonyl (C=O) groups is 2. The smallest absolute Gasteiger partial charge is 0.337 e. The molecule has 5 nitrogen and oxygen atoms in total. The summed E-state index contributed by atoms with van der Waals surface area (Å²) in [4.78, 5) is 26.6. The molecule has 3 aromatic rings. The number of fused-ring (bicyclic) bond motifs is 2. The second kappa shape index (κ2) is 4.86. The van der Waals surface area contributed by atoms with E-state index in [0.29, 0.717) is 16.8 Å². The van der Waals surface area contributed by atoms with Crippen molar-refractivity contribution < 1.29 is 19.4 Å². The fourth-order valence-corrected chi connectivity index (χ4v) is 2.24. The Balaban J connectivity index is 2.24. The summed E-state index contributed by atoms with van der Waals surface area (Å²) in [6.07, 6.45) is 0. The predicted octanol–water partition coefficient (Wildman–Crippen LogP) is 3.01. The number of carboxylic acid groups (broad SMARTS) is 1. The van der Waals surface area contributed by atoms with Crippen LogP contribution in [0.1, 0.15) is 17.3 Å². The van der Waals surface area contributed by atoms with Gasteiger partial charge >= 0.3 is 11.9 Å². The third kappa shape index (κ3) is 2.41. The second-order valence-electron chi connectivity index (χ2n) is 4.62. The summed E-state index contributed by atoms with van der Waals surface area (Å²) in [7, 11) is 0. The monoisotopic (exact) mass is 281 g/mol. The fourth-order valence-electron chi connectivity index (χ4n) is 2.24. The number of carboxylic acids is 1. The minimum atomic E-state index is -1.01. The largest absolute Gasteiger partial charge is 0.478 e. The van der Waals surface area contributed by atoms with Gasteiger partial charge in [0, 0.05) is 17.7 Å². The summed E-state index contributed by atoms with van der Waals surface area (Å²) in [6, 6.07) is 11.9. The van der Waals surface area contributed by atoms with Crippen LogP contribution in [0.25, 0.3) is 21.8 Å². The molecule has 0 atom stereocenters. The Bertz CT molecular complexity index is 886. The van der Waals surface area contributed by atoms with Gasteiger partial charge in [-0.05, 0) is 30.3 Å². The van der Waals surface area contributed by atoms with Gasteiger partial charge in [-0.2, -0.15) is 0 Å². The van der Waals surface area contributed by atoms with Crippen molar-refractivity contribution in [3.63, 3.8) is 0 Å². The number of aromatic carboxylic acids is 1. The van der Waals surface area contributed by atoms with Crippen molar-refractivity contribution >= 4 is 33.7 Å². The molecule has 0 radical (unpaired) electrons. The van der Waals surface area contributed by atoms with Gasteiger partial charge in [0.25, 0.3) is 0 Å². The molecule has 5 heteroatoms. The first-order valence-corrected chi connectivity index (χ1v) is 6.30. The number of nitrogens with zero attached hydrogens (tertiary/aromatic N) is 1. The number of rotatable bonds is 2. The second-order valence-corrected chi connectivity index (χ2v) is 4.62. The highest BCUT2D eigenvalue weighted by atomic mass is 16.5. The summed E-state index contributed by atoms with van der Waals surface area (Å²) >= 11 is 0. The molecule has 1 N–H and O–H groups in total. The Morgan fingerprint density at radius 1 is 1.10 bits per heavy atom. The normalized spacial score (nSPS) is 10.7. The van der Waals surface area contributed by atoms with Crippen LogP contribution in [0.3, 0.4) is 0 Å². The van der Waals surface area contributed by atoms with E-state index in [9.17, 15) is 14.7 Å². The van der Waals surface area contributed by atoms with Gasteiger partial charge in [-0.3, -0.25) is 4.79 Å². The number of esters is 1. The van der Waals surface area contributed by atoms with Crippen molar-refractivity contribution in [3.8, 4) is 5.75 Å². The lowest BCUT2D eigenvalue weighted by Crippen LogP contribution is -2.01. The van der Waals surface area contributed by atoms with Crippen molar-refractivity contribution in [3.05, 3.63) is 48.0 Å². The Kier molecular flexibility index (Phi) is 3.02. The average Bonchev–Trinajstić information content (AvgIpc) is 2.43. The van der Waals surface area contributed by atoms with Crippen LogP contribution < -0.4 is 4.74 Å². The lowest BCUT2D eigenvalue weighted by molar-refractivity contribution is -0.131. The van der Waals surface area contributed by atoms with E-state index in [4.69, 9.17) is 4.74 Å². The molecule has 1 aromatic heterocycles. The number of hydrogen-bond acceptors (Lipinski definition) is 4. The van der Waals surface area contributed by atoms with E-state index in [2.05, 4.69) is 4.98 Å². The summed E-state index contributed by atoms with van der Waals surface area (Å²) in [5, 5.41) is 10.7. The van der Waals surface area contributed by atoms with Crippen LogP contribution in [-0.2, 0) is 4.79 Å². The first-order valence-electron chi connectivity index (χ1n) is 6.30. The summed E-state index contributed by atoms with van der Waals surface area (Å²) < 4.78 is 5.04. The highest BCUT2D eigenvalue weighted by Crippen LogP contribution is 2.25. The van der Waals surface area contributed by atoms with Crippen molar-refractivity contribution in [2.24, 2.45) is 0 Å². The van der Waals surface area contributed by atoms with E-state index in [0.717, 1.165) is 10.8 Å². The topological polar surface area (TPSA) is 76.5 Å². The minimum Gasteiger partial charge on any atom is -0.478 e. The van der Waals surface area contributed by atoms with Gasteiger partial charge in [-0.15, -0.1) is 0 Å². The van der Waals surface area contributed by atoms with Crippen LogP contribution in [0.4, 0.5) is 0 Å².